The summed E-state index contributed by atoms with van der Waals surface area (Å²) in [4.78, 5) is 25.2. The van der Waals surface area contributed by atoms with Crippen molar-refractivity contribution in [2.45, 2.75) is 18.9 Å². The highest BCUT2D eigenvalue weighted by atomic mass is 16.2. The van der Waals surface area contributed by atoms with E-state index in [0.717, 1.165) is 37.6 Å². The van der Waals surface area contributed by atoms with E-state index in [9.17, 15) is 4.79 Å². The number of nitrogens with one attached hydrogen (secondary N) is 1. The van der Waals surface area contributed by atoms with Crippen molar-refractivity contribution in [1.82, 2.24) is 19.9 Å². The molecule has 1 atom stereocenters. The average molecular weight is 328 g/mol. The molecule has 3 heterocycles. The maximum Gasteiger partial charge on any atom is 0.268 e. The average Bonchev–Trinajstić information content (AvgIpc) is 3.01. The van der Waals surface area contributed by atoms with Crippen molar-refractivity contribution in [2.75, 3.05) is 37.0 Å². The smallest absolute Gasteiger partial charge is 0.268 e. The molecule has 1 aliphatic rings. The van der Waals surface area contributed by atoms with Crippen LogP contribution in [-0.2, 0) is 7.05 Å². The fourth-order valence-electron chi connectivity index (χ4n) is 3.01. The van der Waals surface area contributed by atoms with Crippen LogP contribution in [0.2, 0.25) is 0 Å². The summed E-state index contributed by atoms with van der Waals surface area (Å²) in [7, 11) is 5.81. The molecule has 1 N–H and O–H groups in total. The molecule has 0 bridgehead atoms. The first-order chi connectivity index (χ1) is 11.5. The van der Waals surface area contributed by atoms with Crippen molar-refractivity contribution < 1.29 is 4.79 Å². The van der Waals surface area contributed by atoms with Crippen LogP contribution >= 0.6 is 0 Å². The summed E-state index contributed by atoms with van der Waals surface area (Å²) in [5, 5.41) is 3.14. The minimum Gasteiger partial charge on any atom is -0.363 e. The lowest BCUT2D eigenvalue weighted by molar-refractivity contribution is 0.0925. The largest absolute Gasteiger partial charge is 0.363 e. The van der Waals surface area contributed by atoms with Crippen LogP contribution in [0.3, 0.4) is 0 Å². The fourth-order valence-corrected chi connectivity index (χ4v) is 3.01. The van der Waals surface area contributed by atoms with Crippen LogP contribution < -0.4 is 15.1 Å². The summed E-state index contributed by atoms with van der Waals surface area (Å²) in [6.45, 7) is 1.71. The van der Waals surface area contributed by atoms with Gasteiger partial charge in [0.05, 0.1) is 0 Å². The summed E-state index contributed by atoms with van der Waals surface area (Å²) in [6, 6.07) is 5.83. The van der Waals surface area contributed by atoms with Crippen molar-refractivity contribution in [3.8, 4) is 0 Å². The number of hydrogen-bond acceptors (Lipinski definition) is 5. The molecule has 7 heteroatoms. The number of carbonyl (C=O) groups excluding carboxylic acids is 1. The lowest BCUT2D eigenvalue weighted by Crippen LogP contribution is -2.48. The monoisotopic (exact) mass is 328 g/mol. The van der Waals surface area contributed by atoms with Gasteiger partial charge in [-0.3, -0.25) is 4.79 Å². The van der Waals surface area contributed by atoms with E-state index >= 15 is 0 Å². The molecule has 0 aromatic carbocycles. The van der Waals surface area contributed by atoms with Crippen molar-refractivity contribution in [1.29, 1.82) is 0 Å². The molecular weight excluding hydrogens is 304 g/mol. The van der Waals surface area contributed by atoms with E-state index in [0.29, 0.717) is 5.69 Å². The topological polar surface area (TPSA) is 66.3 Å². The summed E-state index contributed by atoms with van der Waals surface area (Å²) < 4.78 is 1.84. The maximum atomic E-state index is 12.4. The van der Waals surface area contributed by atoms with Gasteiger partial charge in [-0.2, -0.15) is 0 Å². The molecular formula is C17H24N6O. The van der Waals surface area contributed by atoms with Crippen LogP contribution in [0.15, 0.2) is 30.7 Å². The second-order valence-corrected chi connectivity index (χ2v) is 6.39. The zero-order valence-corrected chi connectivity index (χ0v) is 14.4. The molecule has 0 radical (unpaired) electrons. The first-order valence-electron chi connectivity index (χ1n) is 8.21. The molecule has 7 nitrogen and oxygen atoms in total. The molecule has 1 fully saturated rings. The first-order valence-corrected chi connectivity index (χ1v) is 8.21. The lowest BCUT2D eigenvalue weighted by Gasteiger charge is -2.34. The van der Waals surface area contributed by atoms with Gasteiger partial charge in [-0.05, 0) is 25.0 Å². The van der Waals surface area contributed by atoms with E-state index in [1.807, 2.05) is 55.0 Å². The quantitative estimate of drug-likeness (QED) is 0.916. The standard InChI is InChI=1S/C17H24N6O/c1-21(2)15-10-16(19-12-18-15)23-9-4-6-13(11-23)20-17(24)14-7-5-8-22(14)3/h5,7-8,10,12-13H,4,6,9,11H2,1-3H3,(H,20,24)/t13-/m0/s1. The molecule has 3 rings (SSSR count). The normalized spacial score (nSPS) is 17.6. The number of nitrogens with zero attached hydrogens (tertiary/aromatic N) is 5. The second kappa shape index (κ2) is 6.90. The van der Waals surface area contributed by atoms with Crippen molar-refractivity contribution in [3.63, 3.8) is 0 Å². The van der Waals surface area contributed by atoms with Crippen molar-refractivity contribution in [3.05, 3.63) is 36.4 Å². The second-order valence-electron chi connectivity index (χ2n) is 6.39. The highest BCUT2D eigenvalue weighted by Gasteiger charge is 2.23. The van der Waals surface area contributed by atoms with Gasteiger partial charge in [-0.15, -0.1) is 0 Å². The summed E-state index contributed by atoms with van der Waals surface area (Å²) in [6.07, 6.45) is 5.49. The SMILES string of the molecule is CN(C)c1cc(N2CCC[C@H](NC(=O)c3cccn3C)C2)ncn1. The molecule has 24 heavy (non-hydrogen) atoms. The zero-order valence-electron chi connectivity index (χ0n) is 14.4. The van der Waals surface area contributed by atoms with Crippen LogP contribution in [0.1, 0.15) is 23.3 Å². The van der Waals surface area contributed by atoms with E-state index in [1.165, 1.54) is 0 Å². The van der Waals surface area contributed by atoms with Gasteiger partial charge in [0.2, 0.25) is 0 Å². The molecule has 0 aliphatic carbocycles. The molecule has 1 saturated heterocycles. The van der Waals surface area contributed by atoms with Crippen LogP contribution in [0.4, 0.5) is 11.6 Å². The number of aryl methyl sites for hydroxylation is 1. The minimum absolute atomic E-state index is 0.0222. The van der Waals surface area contributed by atoms with Gasteiger partial charge >= 0.3 is 0 Å². The Morgan fingerprint density at radius 3 is 2.92 bits per heavy atom. The highest BCUT2D eigenvalue weighted by Crippen LogP contribution is 2.20. The Bertz CT molecular complexity index is 711. The van der Waals surface area contributed by atoms with Gasteiger partial charge in [-0.1, -0.05) is 0 Å². The Hall–Kier alpha value is -2.57. The minimum atomic E-state index is -0.0222. The maximum absolute atomic E-state index is 12.4. The number of piperidine rings is 1. The number of hydrogen-bond donors (Lipinski definition) is 1. The third-order valence-corrected chi connectivity index (χ3v) is 4.35. The Kier molecular flexibility index (Phi) is 4.69. The van der Waals surface area contributed by atoms with Gasteiger partial charge in [0, 0.05) is 52.5 Å². The van der Waals surface area contributed by atoms with Gasteiger partial charge in [-0.25, -0.2) is 9.97 Å². The molecule has 0 saturated carbocycles. The Morgan fingerprint density at radius 2 is 2.21 bits per heavy atom. The zero-order chi connectivity index (χ0) is 17.1. The van der Waals surface area contributed by atoms with Gasteiger partial charge < -0.3 is 19.7 Å². The van der Waals surface area contributed by atoms with Gasteiger partial charge in [0.15, 0.2) is 0 Å². The van der Waals surface area contributed by atoms with Crippen LogP contribution in [0, 0.1) is 0 Å². The van der Waals surface area contributed by atoms with E-state index in [-0.39, 0.29) is 11.9 Å². The number of carbonyl (C=O) groups is 1. The summed E-state index contributed by atoms with van der Waals surface area (Å²) in [5.41, 5.74) is 0.684. The molecule has 2 aromatic heterocycles. The van der Waals surface area contributed by atoms with Crippen LogP contribution in [-0.4, -0.2) is 53.7 Å². The Labute approximate surface area is 142 Å². The van der Waals surface area contributed by atoms with E-state index in [1.54, 1.807) is 6.33 Å². The number of amides is 1. The number of anilines is 2. The van der Waals surface area contributed by atoms with Gasteiger partial charge in [0.25, 0.3) is 5.91 Å². The third-order valence-electron chi connectivity index (χ3n) is 4.35. The molecule has 1 aliphatic heterocycles. The van der Waals surface area contributed by atoms with E-state index in [2.05, 4.69) is 20.2 Å². The highest BCUT2D eigenvalue weighted by molar-refractivity contribution is 5.92. The number of aromatic nitrogens is 3. The fraction of sp³-hybridized carbons (Fsp3) is 0.471. The molecule has 0 spiro atoms. The Balaban J connectivity index is 1.67. The van der Waals surface area contributed by atoms with Crippen molar-refractivity contribution in [2.24, 2.45) is 7.05 Å². The molecule has 0 unspecified atom stereocenters. The van der Waals surface area contributed by atoms with Crippen LogP contribution in [0.25, 0.3) is 0 Å². The van der Waals surface area contributed by atoms with Crippen LogP contribution in [0.5, 0.6) is 0 Å². The van der Waals surface area contributed by atoms with Crippen molar-refractivity contribution >= 4 is 17.5 Å². The molecule has 2 aromatic rings. The molecule has 128 valence electrons. The van der Waals surface area contributed by atoms with E-state index in [4.69, 9.17) is 0 Å². The predicted molar refractivity (Wildman–Crippen MR) is 94.5 cm³/mol. The Morgan fingerprint density at radius 1 is 1.38 bits per heavy atom. The summed E-state index contributed by atoms with van der Waals surface area (Å²) >= 11 is 0. The van der Waals surface area contributed by atoms with Gasteiger partial charge in [0.1, 0.15) is 23.7 Å². The predicted octanol–water partition coefficient (Wildman–Crippen LogP) is 1.28. The molecule has 1 amide bonds. The summed E-state index contributed by atoms with van der Waals surface area (Å²) in [5.74, 6) is 1.77. The first kappa shape index (κ1) is 16.3. The lowest BCUT2D eigenvalue weighted by atomic mass is 10.1. The van der Waals surface area contributed by atoms with E-state index < -0.39 is 0 Å². The number of rotatable bonds is 4. The third kappa shape index (κ3) is 3.50.